The number of rotatable bonds is 4. The van der Waals surface area contributed by atoms with E-state index in [0.717, 1.165) is 11.1 Å². The molecule has 1 N–H and O–H groups in total. The van der Waals surface area contributed by atoms with Crippen LogP contribution < -0.4 is 0 Å². The second-order valence-electron chi connectivity index (χ2n) is 5.71. The van der Waals surface area contributed by atoms with Gasteiger partial charge in [0, 0.05) is 13.1 Å². The number of carbonyl (C=O) groups is 1. The van der Waals surface area contributed by atoms with Gasteiger partial charge >= 0.3 is 5.97 Å². The van der Waals surface area contributed by atoms with Crippen LogP contribution in [0.25, 0.3) is 6.08 Å². The van der Waals surface area contributed by atoms with Crippen LogP contribution in [0.4, 0.5) is 4.39 Å². The van der Waals surface area contributed by atoms with E-state index in [1.165, 1.54) is 17.7 Å². The molecule has 0 unspecified atom stereocenters. The normalized spacial score (nSPS) is 18.0. The lowest BCUT2D eigenvalue weighted by Gasteiger charge is -2.33. The Balaban J connectivity index is 1.72. The predicted molar refractivity (Wildman–Crippen MR) is 87.4 cm³/mol. The monoisotopic (exact) mass is 311 g/mol. The first-order valence-electron chi connectivity index (χ1n) is 7.59. The second kappa shape index (κ2) is 6.75. The fourth-order valence-electron chi connectivity index (χ4n) is 2.91. The molecule has 0 fully saturated rings. The van der Waals surface area contributed by atoms with Crippen molar-refractivity contribution in [3.05, 3.63) is 77.1 Å². The first-order valence-corrected chi connectivity index (χ1v) is 7.59. The van der Waals surface area contributed by atoms with Crippen LogP contribution in [-0.2, 0) is 17.8 Å². The molecule has 4 heteroatoms. The molecule has 1 atom stereocenters. The summed E-state index contributed by atoms with van der Waals surface area (Å²) in [5.41, 5.74) is 3.19. The molecule has 0 spiro atoms. The molecule has 0 aromatic heterocycles. The van der Waals surface area contributed by atoms with Gasteiger partial charge < -0.3 is 5.11 Å². The van der Waals surface area contributed by atoms with Crippen LogP contribution in [0.15, 0.2) is 54.6 Å². The Labute approximate surface area is 134 Å². The van der Waals surface area contributed by atoms with E-state index in [1.807, 2.05) is 41.3 Å². The maximum atomic E-state index is 12.9. The van der Waals surface area contributed by atoms with Crippen molar-refractivity contribution in [3.8, 4) is 0 Å². The molecule has 3 nitrogen and oxygen atoms in total. The van der Waals surface area contributed by atoms with Crippen molar-refractivity contribution in [2.24, 2.45) is 0 Å². The third-order valence-corrected chi connectivity index (χ3v) is 4.15. The standard InChI is InChI=1S/C19H18FNO2/c20-17-9-7-14(8-10-17)4-3-11-21-13-16-6-2-1-5-15(16)12-18(21)19(22)23/h1-10,18H,11-13H2,(H,22,23)/b4-3+/t18-/m0/s1. The number of fused-ring (bicyclic) bond motifs is 1. The van der Waals surface area contributed by atoms with Crippen LogP contribution in [0.3, 0.4) is 0 Å². The molecule has 23 heavy (non-hydrogen) atoms. The SMILES string of the molecule is O=C(O)[C@@H]1Cc2ccccc2CN1C/C=C/c1ccc(F)cc1. The molecule has 1 aliphatic heterocycles. The zero-order chi connectivity index (χ0) is 16.2. The number of carboxylic acid groups (broad SMARTS) is 1. The molecule has 0 bridgehead atoms. The van der Waals surface area contributed by atoms with Gasteiger partial charge in [-0.25, -0.2) is 4.39 Å². The molecule has 3 rings (SSSR count). The van der Waals surface area contributed by atoms with E-state index in [2.05, 4.69) is 0 Å². The highest BCUT2D eigenvalue weighted by Crippen LogP contribution is 2.23. The summed E-state index contributed by atoms with van der Waals surface area (Å²) in [6.45, 7) is 1.17. The summed E-state index contributed by atoms with van der Waals surface area (Å²) in [7, 11) is 0. The minimum atomic E-state index is -0.797. The number of benzene rings is 2. The predicted octanol–water partition coefficient (Wildman–Crippen LogP) is 3.35. The molecule has 1 heterocycles. The fourth-order valence-corrected chi connectivity index (χ4v) is 2.91. The summed E-state index contributed by atoms with van der Waals surface area (Å²) >= 11 is 0. The Morgan fingerprint density at radius 3 is 2.57 bits per heavy atom. The molecule has 2 aromatic carbocycles. The largest absolute Gasteiger partial charge is 0.480 e. The van der Waals surface area contributed by atoms with Crippen LogP contribution in [-0.4, -0.2) is 28.6 Å². The van der Waals surface area contributed by atoms with Crippen molar-refractivity contribution < 1.29 is 14.3 Å². The molecule has 118 valence electrons. The molecule has 0 saturated carbocycles. The summed E-state index contributed by atoms with van der Waals surface area (Å²) in [5, 5.41) is 9.47. The van der Waals surface area contributed by atoms with Crippen molar-refractivity contribution >= 4 is 12.0 Å². The van der Waals surface area contributed by atoms with Crippen molar-refractivity contribution in [2.45, 2.75) is 19.0 Å². The smallest absolute Gasteiger partial charge is 0.321 e. The summed E-state index contributed by atoms with van der Waals surface area (Å²) in [4.78, 5) is 13.5. The molecule has 0 saturated heterocycles. The van der Waals surface area contributed by atoms with Gasteiger partial charge in [-0.2, -0.15) is 0 Å². The Morgan fingerprint density at radius 1 is 1.17 bits per heavy atom. The van der Waals surface area contributed by atoms with Gasteiger partial charge in [0.1, 0.15) is 11.9 Å². The van der Waals surface area contributed by atoms with E-state index < -0.39 is 12.0 Å². The number of aliphatic carboxylic acids is 1. The number of hydrogen-bond donors (Lipinski definition) is 1. The Hall–Kier alpha value is -2.46. The van der Waals surface area contributed by atoms with Gasteiger partial charge in [-0.15, -0.1) is 0 Å². The number of nitrogens with zero attached hydrogens (tertiary/aromatic N) is 1. The third-order valence-electron chi connectivity index (χ3n) is 4.15. The average Bonchev–Trinajstić information content (AvgIpc) is 2.56. The van der Waals surface area contributed by atoms with Gasteiger partial charge in [-0.3, -0.25) is 9.69 Å². The van der Waals surface area contributed by atoms with Crippen LogP contribution in [0.2, 0.25) is 0 Å². The molecule has 0 radical (unpaired) electrons. The molecular formula is C19H18FNO2. The van der Waals surface area contributed by atoms with E-state index in [-0.39, 0.29) is 5.82 Å². The Kier molecular flexibility index (Phi) is 4.53. The topological polar surface area (TPSA) is 40.5 Å². The molecule has 0 amide bonds. The van der Waals surface area contributed by atoms with Gasteiger partial charge in [-0.1, -0.05) is 48.6 Å². The summed E-state index contributed by atoms with van der Waals surface area (Å²) in [5.74, 6) is -1.06. The number of carboxylic acids is 1. The summed E-state index contributed by atoms with van der Waals surface area (Å²) in [6, 6.07) is 13.7. The highest BCUT2D eigenvalue weighted by molar-refractivity contribution is 5.74. The number of hydrogen-bond acceptors (Lipinski definition) is 2. The summed E-state index contributed by atoms with van der Waals surface area (Å²) in [6.07, 6.45) is 4.34. The third kappa shape index (κ3) is 3.66. The maximum Gasteiger partial charge on any atom is 0.321 e. The fraction of sp³-hybridized carbons (Fsp3) is 0.211. The summed E-state index contributed by atoms with van der Waals surface area (Å²) < 4.78 is 12.9. The zero-order valence-electron chi connectivity index (χ0n) is 12.7. The van der Waals surface area contributed by atoms with Crippen molar-refractivity contribution in [2.75, 3.05) is 6.54 Å². The van der Waals surface area contributed by atoms with Crippen LogP contribution in [0.5, 0.6) is 0 Å². The zero-order valence-corrected chi connectivity index (χ0v) is 12.7. The lowest BCUT2D eigenvalue weighted by atomic mass is 9.94. The van der Waals surface area contributed by atoms with E-state index in [1.54, 1.807) is 12.1 Å². The van der Waals surface area contributed by atoms with E-state index in [4.69, 9.17) is 0 Å². The van der Waals surface area contributed by atoms with Crippen LogP contribution in [0.1, 0.15) is 16.7 Å². The Morgan fingerprint density at radius 2 is 1.87 bits per heavy atom. The average molecular weight is 311 g/mol. The maximum absolute atomic E-state index is 12.9. The highest BCUT2D eigenvalue weighted by Gasteiger charge is 2.30. The minimum Gasteiger partial charge on any atom is -0.480 e. The van der Waals surface area contributed by atoms with E-state index >= 15 is 0 Å². The minimum absolute atomic E-state index is 0.263. The van der Waals surface area contributed by atoms with Gasteiger partial charge in [0.25, 0.3) is 0 Å². The first kappa shape index (κ1) is 15.4. The molecule has 2 aromatic rings. The van der Waals surface area contributed by atoms with Crippen LogP contribution in [0, 0.1) is 5.82 Å². The lowest BCUT2D eigenvalue weighted by Crippen LogP contribution is -2.45. The highest BCUT2D eigenvalue weighted by atomic mass is 19.1. The second-order valence-corrected chi connectivity index (χ2v) is 5.71. The van der Waals surface area contributed by atoms with Gasteiger partial charge in [0.05, 0.1) is 0 Å². The van der Waals surface area contributed by atoms with Gasteiger partial charge in [0.15, 0.2) is 0 Å². The molecule has 1 aliphatic rings. The van der Waals surface area contributed by atoms with Crippen molar-refractivity contribution in [3.63, 3.8) is 0 Å². The van der Waals surface area contributed by atoms with Gasteiger partial charge in [0.2, 0.25) is 0 Å². The van der Waals surface area contributed by atoms with Crippen LogP contribution >= 0.6 is 0 Å². The van der Waals surface area contributed by atoms with E-state index in [0.29, 0.717) is 19.5 Å². The van der Waals surface area contributed by atoms with Gasteiger partial charge in [-0.05, 0) is 35.2 Å². The Bertz CT molecular complexity index is 724. The van der Waals surface area contributed by atoms with Crippen molar-refractivity contribution in [1.29, 1.82) is 0 Å². The molecular weight excluding hydrogens is 293 g/mol. The lowest BCUT2D eigenvalue weighted by molar-refractivity contribution is -0.143. The number of halogens is 1. The quantitative estimate of drug-likeness (QED) is 0.941. The first-order chi connectivity index (χ1) is 11.1. The molecule has 0 aliphatic carbocycles. The van der Waals surface area contributed by atoms with Crippen molar-refractivity contribution in [1.82, 2.24) is 4.90 Å². The van der Waals surface area contributed by atoms with E-state index in [9.17, 15) is 14.3 Å².